The van der Waals surface area contributed by atoms with Crippen molar-refractivity contribution in [2.24, 2.45) is 0 Å². The van der Waals surface area contributed by atoms with Gasteiger partial charge in [0.2, 0.25) is 5.91 Å². The number of nitrogens with zero attached hydrogens (tertiary/aromatic N) is 1. The number of aldehydes is 1. The van der Waals surface area contributed by atoms with Crippen molar-refractivity contribution in [3.8, 4) is 0 Å². The number of hydrogen-bond donors (Lipinski definition) is 3. The Hall–Kier alpha value is -2.44. The fraction of sp³-hybridized carbons (Fsp3) is 0.538. The van der Waals surface area contributed by atoms with Crippen molar-refractivity contribution in [1.29, 1.82) is 0 Å². The third-order valence-corrected chi connectivity index (χ3v) is 4.85. The average Bonchev–Trinajstić information content (AvgIpc) is 2.77. The standard InChI is InChI=1S/C19H29N3O2.C4H6O.C3H8/c1-4-15(3)20-18(24)12-22-10-8-17(9-11-22)21-19-14(2)6-5-7-16(19)13-23;1-2-3-4-5;1-3-2/h4-7,15,17,21,23H,1,8-13H2,2-3H3,(H,20,24);2-4H,1H3;3H2,1-2H3/b;3-2+;. The molecule has 1 aliphatic heterocycles. The highest BCUT2D eigenvalue weighted by molar-refractivity contribution is 5.78. The number of carbonyl (C=O) groups is 2. The van der Waals surface area contributed by atoms with Crippen LogP contribution in [0.25, 0.3) is 0 Å². The minimum Gasteiger partial charge on any atom is -0.392 e. The predicted molar refractivity (Wildman–Crippen MR) is 135 cm³/mol. The van der Waals surface area contributed by atoms with Crippen LogP contribution in [0.4, 0.5) is 5.69 Å². The third-order valence-electron chi connectivity index (χ3n) is 4.85. The van der Waals surface area contributed by atoms with Crippen LogP contribution in [0, 0.1) is 6.92 Å². The quantitative estimate of drug-likeness (QED) is 0.317. The molecule has 1 aromatic carbocycles. The molecule has 6 heteroatoms. The molecule has 6 nitrogen and oxygen atoms in total. The maximum atomic E-state index is 11.9. The lowest BCUT2D eigenvalue weighted by atomic mass is 10.0. The molecule has 1 aromatic rings. The average molecular weight is 446 g/mol. The molecule has 0 aromatic heterocycles. The van der Waals surface area contributed by atoms with Crippen LogP contribution in [0.3, 0.4) is 0 Å². The summed E-state index contributed by atoms with van der Waals surface area (Å²) in [5, 5.41) is 16.0. The molecule has 1 aliphatic rings. The molecular formula is C26H43N3O3. The van der Waals surface area contributed by atoms with Gasteiger partial charge < -0.3 is 15.7 Å². The zero-order valence-electron chi connectivity index (χ0n) is 20.6. The van der Waals surface area contributed by atoms with Gasteiger partial charge in [-0.05, 0) is 45.3 Å². The first-order chi connectivity index (χ1) is 15.4. The van der Waals surface area contributed by atoms with Gasteiger partial charge in [0.15, 0.2) is 0 Å². The van der Waals surface area contributed by atoms with Gasteiger partial charge in [-0.15, -0.1) is 6.58 Å². The summed E-state index contributed by atoms with van der Waals surface area (Å²) in [5.74, 6) is 0.0512. The van der Waals surface area contributed by atoms with Gasteiger partial charge in [0.1, 0.15) is 6.29 Å². The molecule has 0 radical (unpaired) electrons. The van der Waals surface area contributed by atoms with Crippen LogP contribution in [0.1, 0.15) is 58.1 Å². The minimum absolute atomic E-state index is 0.00895. The number of aliphatic hydroxyl groups is 1. The molecule has 32 heavy (non-hydrogen) atoms. The number of amides is 1. The van der Waals surface area contributed by atoms with Crippen molar-refractivity contribution in [2.75, 3.05) is 25.0 Å². The summed E-state index contributed by atoms with van der Waals surface area (Å²) in [7, 11) is 0. The van der Waals surface area contributed by atoms with Gasteiger partial charge in [-0.25, -0.2) is 0 Å². The molecule has 2 rings (SSSR count). The Balaban J connectivity index is 0.00000104. The van der Waals surface area contributed by atoms with Crippen LogP contribution >= 0.6 is 0 Å². The van der Waals surface area contributed by atoms with Gasteiger partial charge in [-0.3, -0.25) is 14.5 Å². The van der Waals surface area contributed by atoms with Gasteiger partial charge in [0, 0.05) is 36.4 Å². The summed E-state index contributed by atoms with van der Waals surface area (Å²) in [4.78, 5) is 23.4. The van der Waals surface area contributed by atoms with E-state index < -0.39 is 0 Å². The van der Waals surface area contributed by atoms with E-state index in [1.165, 1.54) is 12.5 Å². The number of piperidine rings is 1. The second-order valence-corrected chi connectivity index (χ2v) is 7.92. The highest BCUT2D eigenvalue weighted by Crippen LogP contribution is 2.24. The Morgan fingerprint density at radius 3 is 2.41 bits per heavy atom. The fourth-order valence-corrected chi connectivity index (χ4v) is 3.15. The van der Waals surface area contributed by atoms with Crippen LogP contribution < -0.4 is 10.6 Å². The lowest BCUT2D eigenvalue weighted by molar-refractivity contribution is -0.122. The number of anilines is 1. The number of allylic oxidation sites excluding steroid dienone is 2. The third kappa shape index (κ3) is 12.4. The van der Waals surface area contributed by atoms with E-state index in [4.69, 9.17) is 0 Å². The number of para-hydroxylation sites is 1. The van der Waals surface area contributed by atoms with E-state index in [1.54, 1.807) is 19.1 Å². The SMILES string of the molecule is C/C=C/C=O.C=CC(C)NC(=O)CN1CCC(Nc2c(C)cccc2CO)CC1.CCC. The molecule has 1 amide bonds. The van der Waals surface area contributed by atoms with E-state index in [0.717, 1.165) is 49.0 Å². The summed E-state index contributed by atoms with van der Waals surface area (Å²) in [5.41, 5.74) is 3.15. The highest BCUT2D eigenvalue weighted by atomic mass is 16.3. The molecule has 0 bridgehead atoms. The zero-order valence-corrected chi connectivity index (χ0v) is 20.6. The van der Waals surface area contributed by atoms with Crippen molar-refractivity contribution in [3.05, 3.63) is 54.1 Å². The lowest BCUT2D eigenvalue weighted by Gasteiger charge is -2.33. The number of carbonyl (C=O) groups excluding carboxylic acids is 2. The van der Waals surface area contributed by atoms with E-state index >= 15 is 0 Å². The number of rotatable bonds is 8. The van der Waals surface area contributed by atoms with E-state index in [1.807, 2.05) is 19.1 Å². The largest absolute Gasteiger partial charge is 0.392 e. The number of benzene rings is 1. The maximum absolute atomic E-state index is 11.9. The first-order valence-electron chi connectivity index (χ1n) is 11.5. The Morgan fingerprint density at radius 2 is 1.94 bits per heavy atom. The second kappa shape index (κ2) is 18.2. The summed E-state index contributed by atoms with van der Waals surface area (Å²) >= 11 is 0. The van der Waals surface area contributed by atoms with Crippen LogP contribution in [0.5, 0.6) is 0 Å². The molecule has 1 saturated heterocycles. The van der Waals surface area contributed by atoms with Crippen LogP contribution in [-0.2, 0) is 16.2 Å². The van der Waals surface area contributed by atoms with E-state index in [2.05, 4.69) is 49.0 Å². The maximum Gasteiger partial charge on any atom is 0.234 e. The lowest BCUT2D eigenvalue weighted by Crippen LogP contribution is -2.45. The molecule has 3 N–H and O–H groups in total. The molecule has 1 heterocycles. The van der Waals surface area contributed by atoms with Crippen LogP contribution in [0.2, 0.25) is 0 Å². The molecular weight excluding hydrogens is 402 g/mol. The van der Waals surface area contributed by atoms with Crippen molar-refractivity contribution >= 4 is 17.9 Å². The summed E-state index contributed by atoms with van der Waals surface area (Å²) in [6.07, 6.45) is 8.84. The first-order valence-corrected chi connectivity index (χ1v) is 11.5. The Bertz CT molecular complexity index is 696. The van der Waals surface area contributed by atoms with Crippen molar-refractivity contribution in [2.45, 2.75) is 72.6 Å². The van der Waals surface area contributed by atoms with E-state index in [0.29, 0.717) is 12.6 Å². The smallest absolute Gasteiger partial charge is 0.234 e. The van der Waals surface area contributed by atoms with Crippen molar-refractivity contribution < 1.29 is 14.7 Å². The molecule has 1 fully saturated rings. The summed E-state index contributed by atoms with van der Waals surface area (Å²) < 4.78 is 0. The van der Waals surface area contributed by atoms with Gasteiger partial charge in [0.05, 0.1) is 13.2 Å². The Kier molecular flexibility index (Phi) is 16.8. The van der Waals surface area contributed by atoms with Gasteiger partial charge in [-0.2, -0.15) is 0 Å². The Labute approximate surface area is 194 Å². The zero-order chi connectivity index (χ0) is 24.4. The monoisotopic (exact) mass is 445 g/mol. The highest BCUT2D eigenvalue weighted by Gasteiger charge is 2.22. The molecule has 0 aliphatic carbocycles. The van der Waals surface area contributed by atoms with Crippen molar-refractivity contribution in [3.63, 3.8) is 0 Å². The summed E-state index contributed by atoms with van der Waals surface area (Å²) in [6, 6.07) is 6.37. The summed E-state index contributed by atoms with van der Waals surface area (Å²) in [6.45, 7) is 16.0. The molecule has 0 saturated carbocycles. The number of aryl methyl sites for hydroxylation is 1. The minimum atomic E-state index is 0.00895. The molecule has 1 unspecified atom stereocenters. The number of hydrogen-bond acceptors (Lipinski definition) is 5. The molecule has 180 valence electrons. The first kappa shape index (κ1) is 29.6. The van der Waals surface area contributed by atoms with Gasteiger partial charge >= 0.3 is 0 Å². The fourth-order valence-electron chi connectivity index (χ4n) is 3.15. The van der Waals surface area contributed by atoms with E-state index in [9.17, 15) is 14.7 Å². The normalized spacial score (nSPS) is 14.9. The Morgan fingerprint density at radius 1 is 1.31 bits per heavy atom. The number of nitrogens with one attached hydrogen (secondary N) is 2. The topological polar surface area (TPSA) is 81.7 Å². The molecule has 1 atom stereocenters. The second-order valence-electron chi connectivity index (χ2n) is 7.92. The van der Waals surface area contributed by atoms with Crippen LogP contribution in [0.15, 0.2) is 43.0 Å². The predicted octanol–water partition coefficient (Wildman–Crippen LogP) is 4.23. The van der Waals surface area contributed by atoms with Crippen molar-refractivity contribution in [1.82, 2.24) is 10.2 Å². The number of likely N-dealkylation sites (tertiary alicyclic amines) is 1. The van der Waals surface area contributed by atoms with Crippen LogP contribution in [-0.4, -0.2) is 53.9 Å². The molecule has 0 spiro atoms. The number of aliphatic hydroxyl groups excluding tert-OH is 1. The van der Waals surface area contributed by atoms with Gasteiger partial charge in [-0.1, -0.05) is 50.6 Å². The van der Waals surface area contributed by atoms with E-state index in [-0.39, 0.29) is 18.6 Å². The van der Waals surface area contributed by atoms with Gasteiger partial charge in [0.25, 0.3) is 0 Å².